The molecule has 2 aromatic rings. The van der Waals surface area contributed by atoms with Crippen molar-refractivity contribution >= 4 is 29.6 Å². The molecule has 0 aliphatic carbocycles. The third kappa shape index (κ3) is 3.02. The van der Waals surface area contributed by atoms with E-state index >= 15 is 0 Å². The lowest BCUT2D eigenvalue weighted by Gasteiger charge is -2.15. The fraction of sp³-hybridized carbons (Fsp3) is 0.0625. The minimum absolute atomic E-state index is 0.137. The van der Waals surface area contributed by atoms with Crippen LogP contribution < -0.4 is 15.4 Å². The van der Waals surface area contributed by atoms with Gasteiger partial charge in [0, 0.05) is 18.0 Å². The molecule has 0 radical (unpaired) electrons. The van der Waals surface area contributed by atoms with E-state index < -0.39 is 22.8 Å². The summed E-state index contributed by atoms with van der Waals surface area (Å²) in [6.07, 6.45) is 2.94. The van der Waals surface area contributed by atoms with Crippen molar-refractivity contribution < 1.29 is 24.0 Å². The van der Waals surface area contributed by atoms with Crippen LogP contribution in [-0.4, -0.2) is 34.4 Å². The first kappa shape index (κ1) is 16.9. The lowest BCUT2D eigenvalue weighted by atomic mass is 10.1. The van der Waals surface area contributed by atoms with Crippen LogP contribution in [0.15, 0.2) is 42.1 Å². The van der Waals surface area contributed by atoms with E-state index in [2.05, 4.69) is 0 Å². The summed E-state index contributed by atoms with van der Waals surface area (Å²) in [5.41, 5.74) is 0.530. The van der Waals surface area contributed by atoms with Crippen molar-refractivity contribution in [3.05, 3.63) is 57.9 Å². The van der Waals surface area contributed by atoms with Gasteiger partial charge in [-0.2, -0.15) is 0 Å². The molecule has 2 N–H and O–H groups in total. The number of imide groups is 2. The number of carbonyl (C=O) groups excluding carboxylic acids is 3. The molecular weight excluding hydrogens is 344 g/mol. The number of barbiturate groups is 1. The third-order valence-electron chi connectivity index (χ3n) is 3.65. The Morgan fingerprint density at radius 1 is 1.15 bits per heavy atom. The van der Waals surface area contributed by atoms with Crippen LogP contribution in [0.2, 0.25) is 0 Å². The summed E-state index contributed by atoms with van der Waals surface area (Å²) in [5.74, 6) is -1.40. The van der Waals surface area contributed by atoms with Crippen molar-refractivity contribution in [2.75, 3.05) is 7.11 Å². The van der Waals surface area contributed by atoms with Crippen LogP contribution in [0.5, 0.6) is 5.75 Å². The van der Waals surface area contributed by atoms with E-state index in [1.54, 1.807) is 22.9 Å². The van der Waals surface area contributed by atoms with Gasteiger partial charge in [0.15, 0.2) is 0 Å². The number of aromatic nitrogens is 1. The molecular formula is C16H12N4O6. The largest absolute Gasteiger partial charge is 0.494 e. The highest BCUT2D eigenvalue weighted by Gasteiger charge is 2.28. The van der Waals surface area contributed by atoms with Crippen LogP contribution >= 0.6 is 0 Å². The topological polar surface area (TPSA) is 133 Å². The molecule has 10 nitrogen and oxygen atoms in total. The second-order valence-electron chi connectivity index (χ2n) is 5.21. The first-order chi connectivity index (χ1) is 12.4. The number of ether oxygens (including phenoxy) is 1. The van der Waals surface area contributed by atoms with Crippen molar-refractivity contribution in [1.29, 1.82) is 0 Å². The standard InChI is InChI=1S/C16H12N4O6/c1-26-13-8-10(20(24)25)4-5-12(13)19-6-2-3-9(19)7-11-14(21)17-16(23)18-15(11)22/h2-8H,1H3,(H2,17,18,21,22,23). The van der Waals surface area contributed by atoms with Gasteiger partial charge in [-0.25, -0.2) is 4.79 Å². The van der Waals surface area contributed by atoms with Gasteiger partial charge in [-0.3, -0.25) is 30.3 Å². The molecule has 0 spiro atoms. The number of carbonyl (C=O) groups is 3. The zero-order chi connectivity index (χ0) is 18.8. The van der Waals surface area contributed by atoms with Gasteiger partial charge in [-0.1, -0.05) is 0 Å². The summed E-state index contributed by atoms with van der Waals surface area (Å²) in [7, 11) is 1.37. The number of hydrogen-bond acceptors (Lipinski definition) is 6. The van der Waals surface area contributed by atoms with Gasteiger partial charge in [0.1, 0.15) is 11.3 Å². The minimum Gasteiger partial charge on any atom is -0.494 e. The fourth-order valence-electron chi connectivity index (χ4n) is 2.46. The van der Waals surface area contributed by atoms with Gasteiger partial charge in [-0.15, -0.1) is 0 Å². The van der Waals surface area contributed by atoms with E-state index in [0.29, 0.717) is 11.4 Å². The molecule has 1 saturated heterocycles. The average Bonchev–Trinajstić information content (AvgIpc) is 3.05. The van der Waals surface area contributed by atoms with Crippen LogP contribution in [-0.2, 0) is 9.59 Å². The lowest BCUT2D eigenvalue weighted by Crippen LogP contribution is -2.51. The predicted molar refractivity (Wildman–Crippen MR) is 88.6 cm³/mol. The Morgan fingerprint density at radius 3 is 2.46 bits per heavy atom. The predicted octanol–water partition coefficient (Wildman–Crippen LogP) is 1.14. The van der Waals surface area contributed by atoms with E-state index in [0.717, 1.165) is 0 Å². The molecule has 0 saturated carbocycles. The number of hydrogen-bond donors (Lipinski definition) is 2. The molecule has 0 atom stereocenters. The molecule has 0 bridgehead atoms. The number of nitrogens with zero attached hydrogens (tertiary/aromatic N) is 2. The summed E-state index contributed by atoms with van der Waals surface area (Å²) in [5, 5.41) is 14.9. The summed E-state index contributed by atoms with van der Waals surface area (Å²) in [6, 6.07) is 6.48. The molecule has 3 rings (SSSR count). The van der Waals surface area contributed by atoms with Crippen LogP contribution in [0.1, 0.15) is 5.69 Å². The minimum atomic E-state index is -0.885. The Hall–Kier alpha value is -3.95. The van der Waals surface area contributed by atoms with Gasteiger partial charge in [0.25, 0.3) is 17.5 Å². The number of nitro groups is 1. The lowest BCUT2D eigenvalue weighted by molar-refractivity contribution is -0.384. The van der Waals surface area contributed by atoms with Crippen LogP contribution in [0.4, 0.5) is 10.5 Å². The van der Waals surface area contributed by atoms with E-state index in [-0.39, 0.29) is 17.0 Å². The van der Waals surface area contributed by atoms with Gasteiger partial charge in [0.05, 0.1) is 23.8 Å². The monoisotopic (exact) mass is 356 g/mol. The Morgan fingerprint density at radius 2 is 1.85 bits per heavy atom. The molecule has 1 aliphatic heterocycles. The average molecular weight is 356 g/mol. The molecule has 4 amide bonds. The van der Waals surface area contributed by atoms with Crippen LogP contribution in [0.25, 0.3) is 11.8 Å². The van der Waals surface area contributed by atoms with Gasteiger partial charge < -0.3 is 9.30 Å². The molecule has 26 heavy (non-hydrogen) atoms. The van der Waals surface area contributed by atoms with Crippen LogP contribution in [0.3, 0.4) is 0 Å². The van der Waals surface area contributed by atoms with E-state index in [1.165, 1.54) is 31.4 Å². The number of benzene rings is 1. The summed E-state index contributed by atoms with van der Waals surface area (Å²) in [6.45, 7) is 0. The molecule has 10 heteroatoms. The molecule has 132 valence electrons. The van der Waals surface area contributed by atoms with E-state index in [4.69, 9.17) is 4.74 Å². The molecule has 1 aromatic carbocycles. The second kappa shape index (κ2) is 6.51. The van der Waals surface area contributed by atoms with Crippen molar-refractivity contribution in [3.63, 3.8) is 0 Å². The number of methoxy groups -OCH3 is 1. The molecule has 1 fully saturated rings. The number of urea groups is 1. The SMILES string of the molecule is COc1cc([N+](=O)[O-])ccc1-n1cccc1C=C1C(=O)NC(=O)NC1=O. The highest BCUT2D eigenvalue weighted by Crippen LogP contribution is 2.29. The molecule has 1 aliphatic rings. The second-order valence-corrected chi connectivity index (χ2v) is 5.21. The Bertz CT molecular complexity index is 953. The summed E-state index contributed by atoms with van der Waals surface area (Å²) in [4.78, 5) is 45.2. The van der Waals surface area contributed by atoms with Gasteiger partial charge in [0.2, 0.25) is 0 Å². The first-order valence-electron chi connectivity index (χ1n) is 7.29. The number of rotatable bonds is 4. The summed E-state index contributed by atoms with van der Waals surface area (Å²) >= 11 is 0. The number of amides is 4. The van der Waals surface area contributed by atoms with Crippen molar-refractivity contribution in [2.24, 2.45) is 0 Å². The fourth-order valence-corrected chi connectivity index (χ4v) is 2.46. The maximum absolute atomic E-state index is 11.9. The van der Waals surface area contributed by atoms with Crippen molar-refractivity contribution in [1.82, 2.24) is 15.2 Å². The van der Waals surface area contributed by atoms with E-state index in [9.17, 15) is 24.5 Å². The number of non-ortho nitro benzene ring substituents is 1. The molecule has 2 heterocycles. The maximum Gasteiger partial charge on any atom is 0.328 e. The quantitative estimate of drug-likeness (QED) is 0.365. The normalized spacial score (nSPS) is 13.9. The number of nitro benzene ring substituents is 1. The maximum atomic E-state index is 11.9. The van der Waals surface area contributed by atoms with Gasteiger partial charge in [-0.05, 0) is 24.3 Å². The Balaban J connectivity index is 2.06. The highest BCUT2D eigenvalue weighted by molar-refractivity contribution is 6.31. The number of nitrogens with one attached hydrogen (secondary N) is 2. The van der Waals surface area contributed by atoms with Gasteiger partial charge >= 0.3 is 6.03 Å². The van der Waals surface area contributed by atoms with Crippen molar-refractivity contribution in [3.8, 4) is 11.4 Å². The zero-order valence-electron chi connectivity index (χ0n) is 13.4. The van der Waals surface area contributed by atoms with Crippen LogP contribution in [0, 0.1) is 10.1 Å². The summed E-state index contributed by atoms with van der Waals surface area (Å²) < 4.78 is 6.80. The van der Waals surface area contributed by atoms with E-state index in [1.807, 2.05) is 10.6 Å². The smallest absolute Gasteiger partial charge is 0.328 e. The first-order valence-corrected chi connectivity index (χ1v) is 7.29. The zero-order valence-corrected chi connectivity index (χ0v) is 13.4. The third-order valence-corrected chi connectivity index (χ3v) is 3.65. The molecule has 1 aromatic heterocycles. The Kier molecular flexibility index (Phi) is 4.23. The molecule has 0 unspecified atom stereocenters. The highest BCUT2D eigenvalue weighted by atomic mass is 16.6. The van der Waals surface area contributed by atoms with Crippen molar-refractivity contribution in [2.45, 2.75) is 0 Å². The Labute approximate surface area is 146 Å².